The van der Waals surface area contributed by atoms with Crippen LogP contribution in [0.25, 0.3) is 0 Å². The number of rotatable bonds is 4. The van der Waals surface area contributed by atoms with Crippen LogP contribution in [0.5, 0.6) is 0 Å². The summed E-state index contributed by atoms with van der Waals surface area (Å²) in [5.74, 6) is -0.764. The standard InChI is InChI=1S/C9H16N2O4/c12-6-7-2-4-11(5-7)9(15)10-3-1-8(13)14/h7,12H,1-6H2,(H,10,15)(H,13,14). The summed E-state index contributed by atoms with van der Waals surface area (Å²) >= 11 is 0. The molecule has 1 saturated heterocycles. The molecule has 0 aromatic rings. The minimum Gasteiger partial charge on any atom is -0.481 e. The number of aliphatic carboxylic acids is 1. The number of carboxylic acids is 1. The fourth-order valence-corrected chi connectivity index (χ4v) is 1.55. The van der Waals surface area contributed by atoms with E-state index < -0.39 is 5.97 Å². The molecular weight excluding hydrogens is 200 g/mol. The summed E-state index contributed by atoms with van der Waals surface area (Å²) in [6, 6.07) is -0.243. The second-order valence-electron chi connectivity index (χ2n) is 3.66. The number of nitrogens with zero attached hydrogens (tertiary/aromatic N) is 1. The smallest absolute Gasteiger partial charge is 0.317 e. The molecule has 6 nitrogen and oxygen atoms in total. The first kappa shape index (κ1) is 11.8. The first-order valence-electron chi connectivity index (χ1n) is 4.99. The number of carboxylic acid groups (broad SMARTS) is 1. The van der Waals surface area contributed by atoms with Gasteiger partial charge in [0.05, 0.1) is 6.42 Å². The molecule has 86 valence electrons. The Morgan fingerprint density at radius 1 is 1.47 bits per heavy atom. The molecule has 0 aromatic heterocycles. The third-order valence-corrected chi connectivity index (χ3v) is 2.45. The molecule has 2 amide bonds. The van der Waals surface area contributed by atoms with Crippen molar-refractivity contribution in [3.05, 3.63) is 0 Å². The topological polar surface area (TPSA) is 89.9 Å². The van der Waals surface area contributed by atoms with E-state index in [2.05, 4.69) is 5.32 Å². The van der Waals surface area contributed by atoms with E-state index in [1.807, 2.05) is 0 Å². The molecule has 1 aliphatic rings. The highest BCUT2D eigenvalue weighted by molar-refractivity contribution is 5.75. The van der Waals surface area contributed by atoms with Crippen LogP contribution in [-0.2, 0) is 4.79 Å². The van der Waals surface area contributed by atoms with Crippen molar-refractivity contribution in [1.29, 1.82) is 0 Å². The molecule has 1 rings (SSSR count). The van der Waals surface area contributed by atoms with Crippen LogP contribution in [0.1, 0.15) is 12.8 Å². The van der Waals surface area contributed by atoms with E-state index in [4.69, 9.17) is 10.2 Å². The molecule has 1 atom stereocenters. The number of urea groups is 1. The van der Waals surface area contributed by atoms with Crippen molar-refractivity contribution in [1.82, 2.24) is 10.2 Å². The first-order chi connectivity index (χ1) is 7.13. The fraction of sp³-hybridized carbons (Fsp3) is 0.778. The predicted octanol–water partition coefficient (Wildman–Crippen LogP) is -0.515. The molecule has 0 bridgehead atoms. The van der Waals surface area contributed by atoms with E-state index in [1.54, 1.807) is 4.90 Å². The van der Waals surface area contributed by atoms with Crippen LogP contribution in [0.15, 0.2) is 0 Å². The lowest BCUT2D eigenvalue weighted by atomic mass is 10.1. The van der Waals surface area contributed by atoms with Crippen LogP contribution in [0.3, 0.4) is 0 Å². The maximum atomic E-state index is 11.4. The Hall–Kier alpha value is -1.30. The van der Waals surface area contributed by atoms with Gasteiger partial charge in [-0.1, -0.05) is 0 Å². The number of nitrogens with one attached hydrogen (secondary N) is 1. The Morgan fingerprint density at radius 2 is 2.20 bits per heavy atom. The number of amides is 2. The summed E-state index contributed by atoms with van der Waals surface area (Å²) in [7, 11) is 0. The first-order valence-corrected chi connectivity index (χ1v) is 4.99. The molecule has 3 N–H and O–H groups in total. The van der Waals surface area contributed by atoms with Crippen LogP contribution >= 0.6 is 0 Å². The van der Waals surface area contributed by atoms with Gasteiger partial charge in [0.1, 0.15) is 0 Å². The molecule has 0 aromatic carbocycles. The Morgan fingerprint density at radius 3 is 2.73 bits per heavy atom. The number of hydrogen-bond acceptors (Lipinski definition) is 3. The van der Waals surface area contributed by atoms with Crippen LogP contribution in [0.2, 0.25) is 0 Å². The molecule has 6 heteroatoms. The quantitative estimate of drug-likeness (QED) is 0.590. The van der Waals surface area contributed by atoms with Crippen molar-refractivity contribution in [3.8, 4) is 0 Å². The highest BCUT2D eigenvalue weighted by Crippen LogP contribution is 2.14. The third kappa shape index (κ3) is 3.75. The summed E-state index contributed by atoms with van der Waals surface area (Å²) in [5, 5.41) is 19.8. The van der Waals surface area contributed by atoms with Gasteiger partial charge in [-0.05, 0) is 6.42 Å². The SMILES string of the molecule is O=C(O)CCNC(=O)N1CCC(CO)C1. The van der Waals surface area contributed by atoms with E-state index in [9.17, 15) is 9.59 Å². The van der Waals surface area contributed by atoms with E-state index in [1.165, 1.54) is 0 Å². The molecule has 1 heterocycles. The fourth-order valence-electron chi connectivity index (χ4n) is 1.55. The Kier molecular flexibility index (Phi) is 4.36. The summed E-state index contributed by atoms with van der Waals surface area (Å²) in [5.41, 5.74) is 0. The van der Waals surface area contributed by atoms with Crippen LogP contribution < -0.4 is 5.32 Å². The van der Waals surface area contributed by atoms with Gasteiger partial charge < -0.3 is 20.4 Å². The van der Waals surface area contributed by atoms with Gasteiger partial charge in [0.15, 0.2) is 0 Å². The van der Waals surface area contributed by atoms with E-state index >= 15 is 0 Å². The highest BCUT2D eigenvalue weighted by Gasteiger charge is 2.25. The normalized spacial score (nSPS) is 20.3. The number of aliphatic hydroxyl groups excluding tert-OH is 1. The van der Waals surface area contributed by atoms with E-state index in [0.29, 0.717) is 13.1 Å². The lowest BCUT2D eigenvalue weighted by Crippen LogP contribution is -2.39. The molecule has 15 heavy (non-hydrogen) atoms. The molecule has 0 aliphatic carbocycles. The Labute approximate surface area is 87.9 Å². The summed E-state index contributed by atoms with van der Waals surface area (Å²) in [6.45, 7) is 1.42. The van der Waals surface area contributed by atoms with Gasteiger partial charge in [-0.25, -0.2) is 4.79 Å². The average molecular weight is 216 g/mol. The molecule has 0 spiro atoms. The van der Waals surface area contributed by atoms with Gasteiger partial charge in [-0.3, -0.25) is 4.79 Å². The largest absolute Gasteiger partial charge is 0.481 e. The second-order valence-corrected chi connectivity index (χ2v) is 3.66. The molecule has 1 fully saturated rings. The number of aliphatic hydroxyl groups is 1. The number of likely N-dealkylation sites (tertiary alicyclic amines) is 1. The van der Waals surface area contributed by atoms with Gasteiger partial charge in [0.25, 0.3) is 0 Å². The van der Waals surface area contributed by atoms with Crippen LogP contribution in [-0.4, -0.2) is 53.4 Å². The van der Waals surface area contributed by atoms with Crippen molar-refractivity contribution >= 4 is 12.0 Å². The van der Waals surface area contributed by atoms with Crippen LogP contribution in [0, 0.1) is 5.92 Å². The van der Waals surface area contributed by atoms with Crippen molar-refractivity contribution in [2.24, 2.45) is 5.92 Å². The Balaban J connectivity index is 2.20. The predicted molar refractivity (Wildman–Crippen MR) is 52.4 cm³/mol. The minimum atomic E-state index is -0.926. The summed E-state index contributed by atoms with van der Waals surface area (Å²) in [4.78, 5) is 23.2. The van der Waals surface area contributed by atoms with Crippen molar-refractivity contribution < 1.29 is 19.8 Å². The van der Waals surface area contributed by atoms with Crippen LogP contribution in [0.4, 0.5) is 4.79 Å². The van der Waals surface area contributed by atoms with Gasteiger partial charge in [0.2, 0.25) is 0 Å². The summed E-state index contributed by atoms with van der Waals surface area (Å²) in [6.07, 6.45) is 0.742. The van der Waals surface area contributed by atoms with Gasteiger partial charge in [-0.15, -0.1) is 0 Å². The maximum Gasteiger partial charge on any atom is 0.317 e. The van der Waals surface area contributed by atoms with E-state index in [-0.39, 0.29) is 31.5 Å². The van der Waals surface area contributed by atoms with Gasteiger partial charge >= 0.3 is 12.0 Å². The van der Waals surface area contributed by atoms with Crippen molar-refractivity contribution in [2.75, 3.05) is 26.2 Å². The molecule has 0 radical (unpaired) electrons. The van der Waals surface area contributed by atoms with Gasteiger partial charge in [-0.2, -0.15) is 0 Å². The van der Waals surface area contributed by atoms with Crippen molar-refractivity contribution in [2.45, 2.75) is 12.8 Å². The molecule has 1 unspecified atom stereocenters. The average Bonchev–Trinajstić information content (AvgIpc) is 2.65. The zero-order chi connectivity index (χ0) is 11.3. The second kappa shape index (κ2) is 5.55. The van der Waals surface area contributed by atoms with Crippen molar-refractivity contribution in [3.63, 3.8) is 0 Å². The maximum absolute atomic E-state index is 11.4. The summed E-state index contributed by atoms with van der Waals surface area (Å²) < 4.78 is 0. The number of hydrogen-bond donors (Lipinski definition) is 3. The van der Waals surface area contributed by atoms with E-state index in [0.717, 1.165) is 6.42 Å². The Bertz CT molecular complexity index is 244. The lowest BCUT2D eigenvalue weighted by molar-refractivity contribution is -0.136. The number of carbonyl (C=O) groups excluding carboxylic acids is 1. The zero-order valence-corrected chi connectivity index (χ0v) is 8.48. The monoisotopic (exact) mass is 216 g/mol. The minimum absolute atomic E-state index is 0.0665. The molecule has 0 saturated carbocycles. The lowest BCUT2D eigenvalue weighted by Gasteiger charge is -2.16. The molecule has 1 aliphatic heterocycles. The van der Waals surface area contributed by atoms with Gasteiger partial charge in [0, 0.05) is 32.2 Å². The number of carbonyl (C=O) groups is 2. The third-order valence-electron chi connectivity index (χ3n) is 2.45. The highest BCUT2D eigenvalue weighted by atomic mass is 16.4. The zero-order valence-electron chi connectivity index (χ0n) is 8.48. The molecular formula is C9H16N2O4.